The average Bonchev–Trinajstić information content (AvgIpc) is 2.62. The number of nitrogens with zero attached hydrogens (tertiary/aromatic N) is 2. The molecule has 2 nitrogen and oxygen atoms in total. The van der Waals surface area contributed by atoms with Crippen LogP contribution in [0.5, 0.6) is 0 Å². The molecule has 2 aromatic rings. The lowest BCUT2D eigenvalue weighted by Gasteiger charge is -2.19. The zero-order valence-corrected chi connectivity index (χ0v) is 11.6. The van der Waals surface area contributed by atoms with Gasteiger partial charge in [0.1, 0.15) is 5.15 Å². The normalized spacial score (nSPS) is 15.8. The van der Waals surface area contributed by atoms with Gasteiger partial charge in [0.2, 0.25) is 0 Å². The Morgan fingerprint density at radius 1 is 0.947 bits per heavy atom. The van der Waals surface area contributed by atoms with Crippen molar-refractivity contribution in [2.75, 3.05) is 13.1 Å². The number of hydrogen-bond acceptors (Lipinski definition) is 2. The molecule has 0 radical (unpaired) electrons. The second-order valence-corrected chi connectivity index (χ2v) is 5.38. The lowest BCUT2D eigenvalue weighted by Crippen LogP contribution is -2.26. The summed E-state index contributed by atoms with van der Waals surface area (Å²) in [4.78, 5) is 6.83. The Balaban J connectivity index is 1.69. The standard InChI is InChI=1S/C16H17ClN2/c17-16-7-3-6-15(18-16)12-19-10-8-13-4-1-2-5-14(13)9-11-19/h1-7H,8-12H2. The third kappa shape index (κ3) is 3.14. The Morgan fingerprint density at radius 2 is 1.63 bits per heavy atom. The zero-order valence-electron chi connectivity index (χ0n) is 10.8. The lowest BCUT2D eigenvalue weighted by atomic mass is 10.0. The second kappa shape index (κ2) is 5.72. The molecule has 1 aromatic heterocycles. The van der Waals surface area contributed by atoms with Crippen molar-refractivity contribution < 1.29 is 0 Å². The van der Waals surface area contributed by atoms with E-state index in [-0.39, 0.29) is 0 Å². The van der Waals surface area contributed by atoms with Crippen LogP contribution in [0.1, 0.15) is 16.8 Å². The molecule has 0 atom stereocenters. The van der Waals surface area contributed by atoms with Crippen LogP contribution in [0.25, 0.3) is 0 Å². The first-order valence-corrected chi connectivity index (χ1v) is 7.09. The molecule has 0 N–H and O–H groups in total. The molecule has 0 aliphatic carbocycles. The van der Waals surface area contributed by atoms with Crippen LogP contribution in [0.4, 0.5) is 0 Å². The molecular formula is C16H17ClN2. The summed E-state index contributed by atoms with van der Waals surface area (Å²) in [6.45, 7) is 3.06. The minimum Gasteiger partial charge on any atom is -0.297 e. The average molecular weight is 273 g/mol. The van der Waals surface area contributed by atoms with Crippen molar-refractivity contribution in [2.45, 2.75) is 19.4 Å². The predicted octanol–water partition coefficient (Wildman–Crippen LogP) is 3.34. The lowest BCUT2D eigenvalue weighted by molar-refractivity contribution is 0.276. The van der Waals surface area contributed by atoms with Crippen molar-refractivity contribution in [3.8, 4) is 0 Å². The van der Waals surface area contributed by atoms with E-state index in [2.05, 4.69) is 34.1 Å². The van der Waals surface area contributed by atoms with E-state index in [1.54, 1.807) is 0 Å². The Bertz CT molecular complexity index is 541. The van der Waals surface area contributed by atoms with Crippen molar-refractivity contribution in [3.05, 3.63) is 64.4 Å². The van der Waals surface area contributed by atoms with E-state index in [0.717, 1.165) is 38.2 Å². The summed E-state index contributed by atoms with van der Waals surface area (Å²) in [5.74, 6) is 0. The van der Waals surface area contributed by atoms with Crippen molar-refractivity contribution in [1.82, 2.24) is 9.88 Å². The van der Waals surface area contributed by atoms with Gasteiger partial charge in [-0.3, -0.25) is 4.90 Å². The van der Waals surface area contributed by atoms with Gasteiger partial charge in [0.05, 0.1) is 5.69 Å². The van der Waals surface area contributed by atoms with Gasteiger partial charge in [-0.05, 0) is 36.1 Å². The molecule has 0 unspecified atom stereocenters. The Labute approximate surface area is 119 Å². The van der Waals surface area contributed by atoms with Crippen LogP contribution < -0.4 is 0 Å². The SMILES string of the molecule is Clc1cccc(CN2CCc3ccccc3CC2)n1. The maximum Gasteiger partial charge on any atom is 0.129 e. The van der Waals surface area contributed by atoms with Crippen molar-refractivity contribution in [3.63, 3.8) is 0 Å². The van der Waals surface area contributed by atoms with Crippen LogP contribution in [0.15, 0.2) is 42.5 Å². The molecule has 0 saturated carbocycles. The molecule has 2 heterocycles. The van der Waals surface area contributed by atoms with Gasteiger partial charge in [0, 0.05) is 19.6 Å². The molecular weight excluding hydrogens is 256 g/mol. The topological polar surface area (TPSA) is 16.1 Å². The van der Waals surface area contributed by atoms with Crippen LogP contribution in [0.2, 0.25) is 5.15 Å². The Hall–Kier alpha value is -1.38. The summed E-state index contributed by atoms with van der Waals surface area (Å²) < 4.78 is 0. The molecule has 3 heteroatoms. The van der Waals surface area contributed by atoms with Crippen molar-refractivity contribution in [1.29, 1.82) is 0 Å². The molecule has 0 spiro atoms. The highest BCUT2D eigenvalue weighted by Gasteiger charge is 2.14. The maximum atomic E-state index is 5.94. The van der Waals surface area contributed by atoms with E-state index in [4.69, 9.17) is 11.6 Å². The Kier molecular flexibility index (Phi) is 3.81. The smallest absolute Gasteiger partial charge is 0.129 e. The van der Waals surface area contributed by atoms with E-state index in [9.17, 15) is 0 Å². The summed E-state index contributed by atoms with van der Waals surface area (Å²) >= 11 is 5.94. The zero-order chi connectivity index (χ0) is 13.1. The molecule has 1 aliphatic heterocycles. The highest BCUT2D eigenvalue weighted by molar-refractivity contribution is 6.29. The predicted molar refractivity (Wildman–Crippen MR) is 78.4 cm³/mol. The van der Waals surface area contributed by atoms with Gasteiger partial charge in [-0.1, -0.05) is 41.9 Å². The molecule has 0 saturated heterocycles. The molecule has 19 heavy (non-hydrogen) atoms. The monoisotopic (exact) mass is 272 g/mol. The summed E-state index contributed by atoms with van der Waals surface area (Å²) in [7, 11) is 0. The fourth-order valence-corrected chi connectivity index (χ4v) is 2.82. The fourth-order valence-electron chi connectivity index (χ4n) is 2.64. The molecule has 0 amide bonds. The number of pyridine rings is 1. The third-order valence-corrected chi connectivity index (χ3v) is 3.88. The van der Waals surface area contributed by atoms with Crippen LogP contribution in [0, 0.1) is 0 Å². The van der Waals surface area contributed by atoms with E-state index < -0.39 is 0 Å². The molecule has 98 valence electrons. The highest BCUT2D eigenvalue weighted by atomic mass is 35.5. The fraction of sp³-hybridized carbons (Fsp3) is 0.312. The van der Waals surface area contributed by atoms with E-state index in [1.807, 2.05) is 18.2 Å². The van der Waals surface area contributed by atoms with Crippen molar-refractivity contribution >= 4 is 11.6 Å². The van der Waals surface area contributed by atoms with Crippen molar-refractivity contribution in [2.24, 2.45) is 0 Å². The summed E-state index contributed by atoms with van der Waals surface area (Å²) in [5, 5.41) is 0.579. The number of hydrogen-bond donors (Lipinski definition) is 0. The third-order valence-electron chi connectivity index (χ3n) is 3.67. The largest absolute Gasteiger partial charge is 0.297 e. The second-order valence-electron chi connectivity index (χ2n) is 5.00. The van der Waals surface area contributed by atoms with Crippen LogP contribution >= 0.6 is 11.6 Å². The number of benzene rings is 1. The highest BCUT2D eigenvalue weighted by Crippen LogP contribution is 2.17. The summed E-state index contributed by atoms with van der Waals surface area (Å²) in [6, 6.07) is 14.6. The quantitative estimate of drug-likeness (QED) is 0.780. The summed E-state index contributed by atoms with van der Waals surface area (Å²) in [6.07, 6.45) is 2.24. The van der Waals surface area contributed by atoms with Gasteiger partial charge in [0.25, 0.3) is 0 Å². The minimum absolute atomic E-state index is 0.579. The molecule has 1 aromatic carbocycles. The van der Waals surface area contributed by atoms with Gasteiger partial charge in [-0.15, -0.1) is 0 Å². The Morgan fingerprint density at radius 3 is 2.26 bits per heavy atom. The van der Waals surface area contributed by atoms with E-state index in [1.165, 1.54) is 11.1 Å². The van der Waals surface area contributed by atoms with Gasteiger partial charge < -0.3 is 0 Å². The minimum atomic E-state index is 0.579. The molecule has 3 rings (SSSR count). The maximum absolute atomic E-state index is 5.94. The number of fused-ring (bicyclic) bond motifs is 1. The first-order valence-electron chi connectivity index (χ1n) is 6.72. The summed E-state index contributed by atoms with van der Waals surface area (Å²) in [5.41, 5.74) is 4.03. The molecule has 0 fully saturated rings. The van der Waals surface area contributed by atoms with Crippen LogP contribution in [-0.2, 0) is 19.4 Å². The van der Waals surface area contributed by atoms with E-state index in [0.29, 0.717) is 5.15 Å². The van der Waals surface area contributed by atoms with Crippen LogP contribution in [-0.4, -0.2) is 23.0 Å². The van der Waals surface area contributed by atoms with Gasteiger partial charge in [0.15, 0.2) is 0 Å². The number of halogens is 1. The van der Waals surface area contributed by atoms with E-state index >= 15 is 0 Å². The first-order chi connectivity index (χ1) is 9.31. The first kappa shape index (κ1) is 12.6. The number of rotatable bonds is 2. The molecule has 0 bridgehead atoms. The molecule has 1 aliphatic rings. The number of aromatic nitrogens is 1. The van der Waals surface area contributed by atoms with Crippen LogP contribution in [0.3, 0.4) is 0 Å². The van der Waals surface area contributed by atoms with Gasteiger partial charge in [-0.2, -0.15) is 0 Å². The van der Waals surface area contributed by atoms with Gasteiger partial charge in [-0.25, -0.2) is 4.98 Å². The van der Waals surface area contributed by atoms with Gasteiger partial charge >= 0.3 is 0 Å².